The van der Waals surface area contributed by atoms with Crippen LogP contribution in [0.5, 0.6) is 0 Å². The van der Waals surface area contributed by atoms with Gasteiger partial charge in [-0.05, 0) is 26.3 Å². The lowest BCUT2D eigenvalue weighted by Gasteiger charge is -2.44. The summed E-state index contributed by atoms with van der Waals surface area (Å²) in [6, 6.07) is -0.820. The molecule has 164 valence electrons. The highest BCUT2D eigenvalue weighted by Crippen LogP contribution is 2.36. The van der Waals surface area contributed by atoms with Gasteiger partial charge in [-0.1, -0.05) is 6.42 Å². The molecule has 0 spiro atoms. The second-order valence-electron chi connectivity index (χ2n) is 7.50. The smallest absolute Gasteiger partial charge is 0.322 e. The van der Waals surface area contributed by atoms with Gasteiger partial charge in [0.05, 0.1) is 24.4 Å². The Labute approximate surface area is 164 Å². The van der Waals surface area contributed by atoms with E-state index in [9.17, 15) is 30.0 Å². The number of ketones is 1. The highest BCUT2D eigenvalue weighted by molar-refractivity contribution is 5.83. The fraction of sp³-hybridized carbons (Fsp3) is 0.889. The Balaban J connectivity index is 2.64. The van der Waals surface area contributed by atoms with Crippen molar-refractivity contribution in [3.63, 3.8) is 0 Å². The first-order chi connectivity index (χ1) is 13.0. The van der Waals surface area contributed by atoms with Crippen molar-refractivity contribution in [2.24, 2.45) is 17.4 Å². The third-order valence-electron chi connectivity index (χ3n) is 5.01. The summed E-state index contributed by atoms with van der Waals surface area (Å²) in [6.07, 6.45) is -3.15. The number of ether oxygens (including phenoxy) is 2. The number of nitrogens with two attached hydrogens (primary N) is 2. The molecule has 8 N–H and O–H groups in total. The van der Waals surface area contributed by atoms with Gasteiger partial charge in [-0.2, -0.15) is 0 Å². The van der Waals surface area contributed by atoms with Crippen LogP contribution in [0.3, 0.4) is 0 Å². The van der Waals surface area contributed by atoms with Gasteiger partial charge in [-0.25, -0.2) is 0 Å². The van der Waals surface area contributed by atoms with Gasteiger partial charge in [0.1, 0.15) is 12.6 Å². The monoisotopic (exact) mass is 406 g/mol. The van der Waals surface area contributed by atoms with E-state index in [1.807, 2.05) is 0 Å². The van der Waals surface area contributed by atoms with Crippen LogP contribution in [0.15, 0.2) is 0 Å². The number of hydrogen-bond donors (Lipinski definition) is 6. The molecule has 1 saturated heterocycles. The molecule has 10 nitrogen and oxygen atoms in total. The number of hydrogen-bond acceptors (Lipinski definition) is 10. The summed E-state index contributed by atoms with van der Waals surface area (Å²) in [5.41, 5.74) is 11.1. The van der Waals surface area contributed by atoms with E-state index < -0.39 is 53.9 Å². The topological polar surface area (TPSA) is 186 Å². The van der Waals surface area contributed by atoms with Crippen molar-refractivity contribution in [3.05, 3.63) is 0 Å². The second kappa shape index (κ2) is 11.1. The van der Waals surface area contributed by atoms with Gasteiger partial charge < -0.3 is 41.4 Å². The van der Waals surface area contributed by atoms with Crippen molar-refractivity contribution in [1.29, 1.82) is 0 Å². The maximum absolute atomic E-state index is 11.9. The van der Waals surface area contributed by atoms with Crippen LogP contribution in [0.1, 0.15) is 46.0 Å². The van der Waals surface area contributed by atoms with Crippen LogP contribution < -0.4 is 11.5 Å². The quantitative estimate of drug-likeness (QED) is 0.168. The molecule has 0 bridgehead atoms. The van der Waals surface area contributed by atoms with E-state index in [4.69, 9.17) is 20.9 Å². The molecule has 4 unspecified atom stereocenters. The largest absolute Gasteiger partial charge is 0.462 e. The molecule has 10 heteroatoms. The van der Waals surface area contributed by atoms with Crippen LogP contribution >= 0.6 is 0 Å². The lowest BCUT2D eigenvalue weighted by atomic mass is 9.81. The summed E-state index contributed by atoms with van der Waals surface area (Å²) in [5, 5.41) is 40.7. The number of carbonyl (C=O) groups is 2. The average Bonchev–Trinajstić information content (AvgIpc) is 2.58. The number of aliphatic hydroxyl groups excluding tert-OH is 3. The molecule has 1 aliphatic rings. The molecule has 0 aromatic carbocycles. The van der Waals surface area contributed by atoms with Crippen LogP contribution in [-0.2, 0) is 19.1 Å². The third kappa shape index (κ3) is 7.03. The summed E-state index contributed by atoms with van der Waals surface area (Å²) in [5.74, 6) is -4.38. The second-order valence-corrected chi connectivity index (χ2v) is 7.50. The Bertz CT molecular complexity index is 518. The van der Waals surface area contributed by atoms with Gasteiger partial charge in [0.2, 0.25) is 5.79 Å². The molecule has 1 heterocycles. The van der Waals surface area contributed by atoms with E-state index in [1.165, 1.54) is 6.92 Å². The summed E-state index contributed by atoms with van der Waals surface area (Å²) in [6.45, 7) is 2.70. The first kappa shape index (κ1) is 24.9. The zero-order valence-corrected chi connectivity index (χ0v) is 16.5. The summed E-state index contributed by atoms with van der Waals surface area (Å²) in [4.78, 5) is 23.5. The zero-order chi connectivity index (χ0) is 21.5. The molecule has 0 saturated carbocycles. The predicted octanol–water partition coefficient (Wildman–Crippen LogP) is -1.84. The molecule has 1 aliphatic heterocycles. The zero-order valence-electron chi connectivity index (χ0n) is 16.5. The van der Waals surface area contributed by atoms with Crippen LogP contribution in [0.4, 0.5) is 0 Å². The van der Waals surface area contributed by atoms with Gasteiger partial charge in [0, 0.05) is 25.7 Å². The molecule has 1 fully saturated rings. The molecular formula is C18H34N2O8. The van der Waals surface area contributed by atoms with Crippen molar-refractivity contribution in [2.75, 3.05) is 13.2 Å². The van der Waals surface area contributed by atoms with Crippen LogP contribution in [0.2, 0.25) is 0 Å². The first-order valence-corrected chi connectivity index (χ1v) is 9.59. The molecule has 1 rings (SSSR count). The Morgan fingerprint density at radius 3 is 2.50 bits per heavy atom. The molecule has 0 aliphatic carbocycles. The molecule has 0 amide bonds. The van der Waals surface area contributed by atoms with Crippen molar-refractivity contribution in [1.82, 2.24) is 0 Å². The number of aliphatic hydroxyl groups is 4. The number of esters is 1. The van der Waals surface area contributed by atoms with E-state index >= 15 is 0 Å². The van der Waals surface area contributed by atoms with E-state index in [1.54, 1.807) is 0 Å². The lowest BCUT2D eigenvalue weighted by molar-refractivity contribution is -0.285. The fourth-order valence-corrected chi connectivity index (χ4v) is 3.36. The summed E-state index contributed by atoms with van der Waals surface area (Å²) < 4.78 is 10.4. The molecule has 28 heavy (non-hydrogen) atoms. The Morgan fingerprint density at radius 1 is 1.32 bits per heavy atom. The molecule has 0 aromatic rings. The van der Waals surface area contributed by atoms with Crippen LogP contribution in [0, 0.1) is 5.92 Å². The molecule has 0 radical (unpaired) electrons. The first-order valence-electron chi connectivity index (χ1n) is 9.59. The van der Waals surface area contributed by atoms with E-state index in [0.29, 0.717) is 19.4 Å². The van der Waals surface area contributed by atoms with E-state index in [0.717, 1.165) is 13.3 Å². The van der Waals surface area contributed by atoms with Crippen molar-refractivity contribution in [2.45, 2.75) is 82.2 Å². The lowest BCUT2D eigenvalue weighted by Crippen LogP contribution is -2.58. The van der Waals surface area contributed by atoms with Gasteiger partial charge in [-0.15, -0.1) is 0 Å². The van der Waals surface area contributed by atoms with Gasteiger partial charge in [0.15, 0.2) is 5.78 Å². The van der Waals surface area contributed by atoms with E-state index in [-0.39, 0.29) is 19.4 Å². The van der Waals surface area contributed by atoms with E-state index in [2.05, 4.69) is 0 Å². The molecule has 7 atom stereocenters. The SMILES string of the molecule is CC(=O)C1(O)CC(O)C([C@@H](C)O)C(C[C@H](O)COC(=O)[C@H](N)CCCCN)O1. The van der Waals surface area contributed by atoms with Crippen LogP contribution in [-0.4, -0.2) is 81.6 Å². The highest BCUT2D eigenvalue weighted by Gasteiger charge is 2.50. The Hall–Kier alpha value is -1.14. The fourth-order valence-electron chi connectivity index (χ4n) is 3.36. The van der Waals surface area contributed by atoms with Crippen LogP contribution in [0.25, 0.3) is 0 Å². The molecular weight excluding hydrogens is 372 g/mol. The number of Topliss-reactive ketones (excluding diaryl/α,β-unsaturated/α-hetero) is 1. The average molecular weight is 406 g/mol. The minimum atomic E-state index is -2.20. The standard InChI is InChI=1S/C18H34N2O8/c1-10(21)16-14(24)8-18(26,11(2)22)28-15(16)7-12(23)9-27-17(25)13(20)5-3-4-6-19/h10,12-16,21,23-24,26H,3-9,19-20H2,1-2H3/t10-,12+,13-,14?,15?,16?,18?/m1/s1. The molecule has 0 aromatic heterocycles. The minimum absolute atomic E-state index is 0.169. The summed E-state index contributed by atoms with van der Waals surface area (Å²) in [7, 11) is 0. The van der Waals surface area contributed by atoms with Gasteiger partial charge in [0.25, 0.3) is 0 Å². The summed E-state index contributed by atoms with van der Waals surface area (Å²) >= 11 is 0. The number of rotatable bonds is 11. The maximum atomic E-state index is 11.9. The highest BCUT2D eigenvalue weighted by atomic mass is 16.6. The van der Waals surface area contributed by atoms with Gasteiger partial charge in [-0.3, -0.25) is 9.59 Å². The Morgan fingerprint density at radius 2 is 1.96 bits per heavy atom. The minimum Gasteiger partial charge on any atom is -0.462 e. The number of unbranched alkanes of at least 4 members (excludes halogenated alkanes) is 1. The van der Waals surface area contributed by atoms with Crippen molar-refractivity contribution in [3.8, 4) is 0 Å². The Kier molecular flexibility index (Phi) is 9.91. The van der Waals surface area contributed by atoms with Gasteiger partial charge >= 0.3 is 5.97 Å². The normalized spacial score (nSPS) is 31.1. The van der Waals surface area contributed by atoms with Crippen molar-refractivity contribution >= 4 is 11.8 Å². The van der Waals surface area contributed by atoms with Crippen molar-refractivity contribution < 1.29 is 39.5 Å². The maximum Gasteiger partial charge on any atom is 0.322 e. The third-order valence-corrected chi connectivity index (χ3v) is 5.01. The predicted molar refractivity (Wildman–Crippen MR) is 98.8 cm³/mol. The number of carbonyl (C=O) groups excluding carboxylic acids is 2.